The predicted octanol–water partition coefficient (Wildman–Crippen LogP) is 7.93. The summed E-state index contributed by atoms with van der Waals surface area (Å²) in [6, 6.07) is 18.5. The molecule has 7 fully saturated rings. The smallest absolute Gasteiger partial charge is 0.238 e. The van der Waals surface area contributed by atoms with Crippen LogP contribution in [0.25, 0.3) is 22.3 Å². The Labute approximate surface area is 429 Å². The van der Waals surface area contributed by atoms with Crippen molar-refractivity contribution in [3.05, 3.63) is 66.0 Å². The molecule has 73 heavy (non-hydrogen) atoms. The number of fused-ring (bicyclic) bond motifs is 3. The number of likely N-dealkylation sites (tertiary alicyclic amines) is 3. The minimum Gasteiger partial charge on any atom is -0.371 e. The summed E-state index contributed by atoms with van der Waals surface area (Å²) >= 11 is 0. The number of carbonyl (C=O) groups excluding carboxylic acids is 5. The number of imidazole rings is 1. The Balaban J connectivity index is 0.684. The van der Waals surface area contributed by atoms with E-state index >= 15 is 4.79 Å². The maximum Gasteiger partial charge on any atom is 0.238 e. The molecule has 386 valence electrons. The van der Waals surface area contributed by atoms with Crippen LogP contribution in [-0.4, -0.2) is 129 Å². The molecule has 12 rings (SSSR count). The van der Waals surface area contributed by atoms with Crippen LogP contribution in [0.5, 0.6) is 0 Å². The van der Waals surface area contributed by atoms with Gasteiger partial charge in [-0.25, -0.2) is 9.97 Å². The minimum absolute atomic E-state index is 0.0530. The number of hydrogen-bond donors (Lipinski definition) is 2. The van der Waals surface area contributed by atoms with Crippen molar-refractivity contribution in [3.8, 4) is 11.3 Å². The summed E-state index contributed by atoms with van der Waals surface area (Å²) in [6.07, 6.45) is 16.8. The van der Waals surface area contributed by atoms with Crippen molar-refractivity contribution >= 4 is 57.8 Å². The van der Waals surface area contributed by atoms with E-state index in [-0.39, 0.29) is 59.4 Å². The number of aromatic nitrogens is 3. The van der Waals surface area contributed by atoms with E-state index < -0.39 is 5.41 Å². The van der Waals surface area contributed by atoms with E-state index in [9.17, 15) is 19.2 Å². The number of rotatable bonds is 11. The van der Waals surface area contributed by atoms with Gasteiger partial charge in [0.15, 0.2) is 5.82 Å². The highest BCUT2D eigenvalue weighted by atomic mass is 16.2. The van der Waals surface area contributed by atoms with Crippen LogP contribution in [0, 0.1) is 11.8 Å². The first-order chi connectivity index (χ1) is 35.4. The SMILES string of the molecule is CC(C)n1cnc2cc(-c3ccc4c(c3)N([C@H]3C[C@@H](N5CCCCC5)C3)C(=O)C43CCN(C(=O)C4CCC(C(=O)N5CCC(N(C)c6ccc(C7CCC(=O)NC7=O)cc6)CC5)CC4)CC3)nc(NC3CC3)c21. The third-order valence-electron chi connectivity index (χ3n) is 18.7. The van der Waals surface area contributed by atoms with Gasteiger partial charge in [-0.15, -0.1) is 0 Å². The minimum atomic E-state index is -0.665. The monoisotopic (exact) mass is 991 g/mol. The Kier molecular flexibility index (Phi) is 12.8. The second-order valence-corrected chi connectivity index (χ2v) is 23.4. The number of pyridine rings is 1. The average Bonchev–Trinajstić information content (AvgIpc) is 4.07. The number of carbonyl (C=O) groups is 5. The highest BCUT2D eigenvalue weighted by Gasteiger charge is 2.56. The van der Waals surface area contributed by atoms with Crippen molar-refractivity contribution in [3.63, 3.8) is 0 Å². The van der Waals surface area contributed by atoms with Gasteiger partial charge in [0.05, 0.1) is 28.9 Å². The van der Waals surface area contributed by atoms with Gasteiger partial charge in [-0.2, -0.15) is 0 Å². The molecule has 1 spiro atoms. The van der Waals surface area contributed by atoms with Gasteiger partial charge in [0.1, 0.15) is 5.52 Å². The molecule has 1 unspecified atom stereocenters. The van der Waals surface area contributed by atoms with E-state index in [0.717, 1.165) is 128 Å². The maximum atomic E-state index is 15.2. The standard InChI is InChI=1S/C58H74N10O5/c1-36(2)67-35-59-49-34-48(61-53(52(49)67)60-41-14-15-41)40-13-19-47-50(31-40)68(45-32-44(33-45)64-25-5-4-6-26-64)57(73)58(47)23-29-66(30-24-58)56(72)39-9-7-38(8-10-39)55(71)65-27-21-43(22-28-65)63(3)42-16-11-37(12-17-42)46-18-20-51(69)62-54(46)70/h11-13,16-17,19,31,34-36,38-39,41,43-46H,4-10,14-15,18,20-30,32-33H2,1-3H3,(H,60,61)(H,62,69,70)/t38?,39?,44-,45+,46?. The van der Waals surface area contributed by atoms with Crippen LogP contribution in [0.4, 0.5) is 17.2 Å². The fraction of sp³-hybridized carbons (Fsp3) is 0.603. The van der Waals surface area contributed by atoms with Gasteiger partial charge < -0.3 is 34.4 Å². The molecular weight excluding hydrogens is 917 g/mol. The van der Waals surface area contributed by atoms with Gasteiger partial charge >= 0.3 is 0 Å². The molecule has 5 aliphatic heterocycles. The molecule has 1 atom stereocenters. The van der Waals surface area contributed by atoms with Crippen molar-refractivity contribution in [2.45, 2.75) is 165 Å². The molecule has 3 saturated carbocycles. The molecule has 2 N–H and O–H groups in total. The second kappa shape index (κ2) is 19.5. The number of piperidine rings is 4. The van der Waals surface area contributed by atoms with Crippen LogP contribution < -0.4 is 20.4 Å². The normalized spacial score (nSPS) is 26.8. The van der Waals surface area contributed by atoms with Gasteiger partial charge in [-0.3, -0.25) is 29.3 Å². The van der Waals surface area contributed by atoms with Crippen LogP contribution >= 0.6 is 0 Å². The second-order valence-electron chi connectivity index (χ2n) is 23.4. The molecule has 2 aromatic heterocycles. The summed E-state index contributed by atoms with van der Waals surface area (Å²) in [7, 11) is 2.10. The number of hydrogen-bond acceptors (Lipinski definition) is 10. The van der Waals surface area contributed by atoms with Crippen LogP contribution in [0.15, 0.2) is 54.9 Å². The summed E-state index contributed by atoms with van der Waals surface area (Å²) in [4.78, 5) is 88.9. The summed E-state index contributed by atoms with van der Waals surface area (Å²) < 4.78 is 2.20. The zero-order chi connectivity index (χ0) is 50.1. The molecule has 4 aromatic rings. The van der Waals surface area contributed by atoms with Crippen molar-refractivity contribution in [1.29, 1.82) is 0 Å². The molecular formula is C58H74N10O5. The molecule has 2 aromatic carbocycles. The molecule has 5 amide bonds. The van der Waals surface area contributed by atoms with Gasteiger partial charge in [0.2, 0.25) is 29.5 Å². The molecule has 0 bridgehead atoms. The quantitative estimate of drug-likeness (QED) is 0.142. The largest absolute Gasteiger partial charge is 0.371 e. The fourth-order valence-electron chi connectivity index (χ4n) is 13.9. The summed E-state index contributed by atoms with van der Waals surface area (Å²) in [6.45, 7) is 9.20. The van der Waals surface area contributed by atoms with Crippen LogP contribution in [0.3, 0.4) is 0 Å². The van der Waals surface area contributed by atoms with E-state index in [2.05, 4.69) is 87.2 Å². The van der Waals surface area contributed by atoms with E-state index in [1.807, 2.05) is 28.3 Å². The first-order valence-electron chi connectivity index (χ1n) is 28.0. The Morgan fingerprint density at radius 1 is 0.767 bits per heavy atom. The van der Waals surface area contributed by atoms with E-state index in [1.54, 1.807) is 0 Å². The first-order valence-corrected chi connectivity index (χ1v) is 28.0. The Morgan fingerprint density at radius 2 is 1.44 bits per heavy atom. The van der Waals surface area contributed by atoms with E-state index in [0.29, 0.717) is 70.0 Å². The Morgan fingerprint density at radius 3 is 2.08 bits per heavy atom. The van der Waals surface area contributed by atoms with Gasteiger partial charge in [-0.1, -0.05) is 30.7 Å². The predicted molar refractivity (Wildman–Crippen MR) is 282 cm³/mol. The van der Waals surface area contributed by atoms with E-state index in [4.69, 9.17) is 9.97 Å². The Bertz CT molecular complexity index is 2770. The van der Waals surface area contributed by atoms with Crippen LogP contribution in [-0.2, 0) is 29.4 Å². The third-order valence-corrected chi connectivity index (χ3v) is 18.7. The van der Waals surface area contributed by atoms with Gasteiger partial charge in [-0.05, 0) is 159 Å². The van der Waals surface area contributed by atoms with Gasteiger partial charge in [0, 0.05) is 98.6 Å². The molecule has 0 radical (unpaired) electrons. The number of anilines is 3. The lowest BCUT2D eigenvalue weighted by Crippen LogP contribution is -2.58. The third kappa shape index (κ3) is 8.98. The number of imide groups is 1. The lowest BCUT2D eigenvalue weighted by atomic mass is 9.72. The summed E-state index contributed by atoms with van der Waals surface area (Å²) in [5.74, 6) is 0.630. The molecule has 15 nitrogen and oxygen atoms in total. The van der Waals surface area contributed by atoms with Crippen molar-refractivity contribution in [1.82, 2.24) is 34.6 Å². The highest BCUT2D eigenvalue weighted by molar-refractivity contribution is 6.09. The van der Waals surface area contributed by atoms with Crippen molar-refractivity contribution < 1.29 is 24.0 Å². The van der Waals surface area contributed by atoms with Crippen molar-refractivity contribution in [2.75, 3.05) is 61.4 Å². The molecule has 7 heterocycles. The maximum absolute atomic E-state index is 15.2. The number of nitrogens with zero attached hydrogens (tertiary/aromatic N) is 8. The zero-order valence-corrected chi connectivity index (χ0v) is 43.2. The lowest BCUT2D eigenvalue weighted by Gasteiger charge is -2.48. The summed E-state index contributed by atoms with van der Waals surface area (Å²) in [5.41, 5.74) is 7.27. The zero-order valence-electron chi connectivity index (χ0n) is 43.2. The molecule has 3 aliphatic carbocycles. The average molecular weight is 991 g/mol. The number of benzene rings is 2. The number of amides is 5. The topological polar surface area (TPSA) is 156 Å². The summed E-state index contributed by atoms with van der Waals surface area (Å²) in [5, 5.41) is 6.17. The fourth-order valence-corrected chi connectivity index (χ4v) is 13.9. The first kappa shape index (κ1) is 48.1. The lowest BCUT2D eigenvalue weighted by molar-refractivity contribution is -0.143. The van der Waals surface area contributed by atoms with E-state index in [1.165, 1.54) is 19.3 Å². The molecule has 15 heteroatoms. The van der Waals surface area contributed by atoms with Crippen molar-refractivity contribution in [2.24, 2.45) is 11.8 Å². The molecule has 8 aliphatic rings. The van der Waals surface area contributed by atoms with Crippen LogP contribution in [0.1, 0.15) is 146 Å². The molecule has 4 saturated heterocycles. The van der Waals surface area contributed by atoms with Gasteiger partial charge in [0.25, 0.3) is 0 Å². The van der Waals surface area contributed by atoms with Crippen LogP contribution in [0.2, 0.25) is 0 Å². The Hall–Kier alpha value is -5.83. The highest BCUT2D eigenvalue weighted by Crippen LogP contribution is 2.52. The number of nitrogens with one attached hydrogen (secondary N) is 2.